The third kappa shape index (κ3) is 3.54. The first-order valence-corrected chi connectivity index (χ1v) is 8.05. The first-order chi connectivity index (χ1) is 10.7. The topological polar surface area (TPSA) is 38.5 Å². The summed E-state index contributed by atoms with van der Waals surface area (Å²) in [6.45, 7) is 8.91. The van der Waals surface area contributed by atoms with Crippen LogP contribution in [-0.2, 0) is 16.0 Å². The van der Waals surface area contributed by atoms with Crippen molar-refractivity contribution in [1.29, 1.82) is 0 Å². The van der Waals surface area contributed by atoms with Crippen LogP contribution in [0.5, 0.6) is 0 Å². The van der Waals surface area contributed by atoms with Crippen LogP contribution in [0.15, 0.2) is 53.4 Å². The number of alkyl halides is 3. The van der Waals surface area contributed by atoms with Gasteiger partial charge in [0.15, 0.2) is 0 Å². The van der Waals surface area contributed by atoms with E-state index in [4.69, 9.17) is 6.57 Å². The standard InChI is InChI=1S/C16H12F3NO2S/c1-11-6-8-14(9-7-11)23(21,22)15(20-2)12-4-3-5-13(10-12)16(17,18)19/h3-10,15H,1H3. The number of nitrogens with zero attached hydrogens (tertiary/aromatic N) is 1. The smallest absolute Gasteiger partial charge is 0.291 e. The van der Waals surface area contributed by atoms with Crippen LogP contribution in [0.3, 0.4) is 0 Å². The van der Waals surface area contributed by atoms with Gasteiger partial charge in [0.2, 0.25) is 0 Å². The molecular formula is C16H12F3NO2S. The highest BCUT2D eigenvalue weighted by molar-refractivity contribution is 7.91. The van der Waals surface area contributed by atoms with Crippen LogP contribution in [0.1, 0.15) is 22.1 Å². The number of rotatable bonds is 3. The van der Waals surface area contributed by atoms with Gasteiger partial charge in [0.1, 0.15) is 0 Å². The van der Waals surface area contributed by atoms with Crippen molar-refractivity contribution in [3.63, 3.8) is 0 Å². The minimum Gasteiger partial charge on any atom is -0.291 e. The molecule has 2 aromatic rings. The summed E-state index contributed by atoms with van der Waals surface area (Å²) in [5.41, 5.74) is -0.347. The minimum absolute atomic E-state index is 0.0958. The fraction of sp³-hybridized carbons (Fsp3) is 0.188. The van der Waals surface area contributed by atoms with Crippen LogP contribution in [0.4, 0.5) is 13.2 Å². The van der Waals surface area contributed by atoms with Crippen molar-refractivity contribution < 1.29 is 21.6 Å². The number of sulfone groups is 1. The second kappa shape index (κ2) is 6.05. The normalized spacial score (nSPS) is 13.3. The lowest BCUT2D eigenvalue weighted by Crippen LogP contribution is -2.12. The molecule has 2 aromatic carbocycles. The second-order valence-electron chi connectivity index (χ2n) is 4.96. The van der Waals surface area contributed by atoms with Gasteiger partial charge in [-0.1, -0.05) is 29.8 Å². The molecule has 7 heteroatoms. The summed E-state index contributed by atoms with van der Waals surface area (Å²) in [7, 11) is -4.10. The molecule has 0 saturated carbocycles. The predicted molar refractivity (Wildman–Crippen MR) is 79.2 cm³/mol. The summed E-state index contributed by atoms with van der Waals surface area (Å²) < 4.78 is 63.4. The highest BCUT2D eigenvalue weighted by atomic mass is 32.2. The summed E-state index contributed by atoms with van der Waals surface area (Å²) >= 11 is 0. The number of aryl methyl sites for hydroxylation is 1. The third-order valence-electron chi connectivity index (χ3n) is 3.26. The number of hydrogen-bond acceptors (Lipinski definition) is 2. The van der Waals surface area contributed by atoms with Gasteiger partial charge in [-0.05, 0) is 31.2 Å². The Balaban J connectivity index is 2.52. The number of halogens is 3. The Morgan fingerprint density at radius 3 is 2.22 bits per heavy atom. The molecule has 0 aliphatic heterocycles. The molecule has 0 heterocycles. The van der Waals surface area contributed by atoms with Crippen LogP contribution in [0.25, 0.3) is 4.85 Å². The molecule has 1 atom stereocenters. The maximum Gasteiger partial charge on any atom is 0.416 e. The fourth-order valence-corrected chi connectivity index (χ4v) is 3.47. The van der Waals surface area contributed by atoms with Gasteiger partial charge < -0.3 is 0 Å². The maximum atomic E-state index is 12.8. The monoisotopic (exact) mass is 339 g/mol. The van der Waals surface area contributed by atoms with Crippen molar-refractivity contribution in [3.8, 4) is 0 Å². The summed E-state index contributed by atoms with van der Waals surface area (Å²) in [6, 6.07) is 9.68. The van der Waals surface area contributed by atoms with Crippen molar-refractivity contribution >= 4 is 9.84 Å². The molecule has 0 saturated heterocycles. The van der Waals surface area contributed by atoms with Gasteiger partial charge in [-0.2, -0.15) is 13.2 Å². The average molecular weight is 339 g/mol. The molecule has 1 unspecified atom stereocenters. The SMILES string of the molecule is [C-]#[N+]C(c1cccc(C(F)(F)F)c1)S(=O)(=O)c1ccc(C)cc1. The van der Waals surface area contributed by atoms with Gasteiger partial charge in [-0.3, -0.25) is 4.85 Å². The molecule has 0 N–H and O–H groups in total. The Labute approximate surface area is 132 Å². The molecule has 0 fully saturated rings. The van der Waals surface area contributed by atoms with Crippen molar-refractivity contribution in [2.75, 3.05) is 0 Å². The zero-order valence-corrected chi connectivity index (χ0v) is 12.8. The molecule has 120 valence electrons. The van der Waals surface area contributed by atoms with Crippen molar-refractivity contribution in [2.24, 2.45) is 0 Å². The van der Waals surface area contributed by atoms with Gasteiger partial charge in [-0.25, -0.2) is 15.0 Å². The van der Waals surface area contributed by atoms with Crippen LogP contribution in [0, 0.1) is 13.5 Å². The molecule has 2 rings (SSSR count). The second-order valence-corrected chi connectivity index (χ2v) is 6.97. The Hall–Kier alpha value is -2.33. The Morgan fingerprint density at radius 1 is 1.09 bits per heavy atom. The first-order valence-electron chi connectivity index (χ1n) is 6.50. The Kier molecular flexibility index (Phi) is 4.48. The van der Waals surface area contributed by atoms with Gasteiger partial charge in [-0.15, -0.1) is 0 Å². The zero-order chi connectivity index (χ0) is 17.3. The number of benzene rings is 2. The molecule has 0 spiro atoms. The van der Waals surface area contributed by atoms with E-state index in [2.05, 4.69) is 4.85 Å². The van der Waals surface area contributed by atoms with E-state index < -0.39 is 27.0 Å². The van der Waals surface area contributed by atoms with Gasteiger partial charge in [0.25, 0.3) is 9.84 Å². The quantitative estimate of drug-likeness (QED) is 0.777. The molecular weight excluding hydrogens is 327 g/mol. The Bertz CT molecular complexity index is 850. The number of hydrogen-bond donors (Lipinski definition) is 0. The van der Waals surface area contributed by atoms with E-state index in [9.17, 15) is 21.6 Å². The summed E-state index contributed by atoms with van der Waals surface area (Å²) in [6.07, 6.45) is -4.60. The van der Waals surface area contributed by atoms with Crippen LogP contribution in [-0.4, -0.2) is 8.42 Å². The molecule has 0 aliphatic carbocycles. The van der Waals surface area contributed by atoms with E-state index in [0.717, 1.165) is 17.7 Å². The van der Waals surface area contributed by atoms with Gasteiger partial charge >= 0.3 is 11.6 Å². The molecule has 23 heavy (non-hydrogen) atoms. The van der Waals surface area contributed by atoms with Crippen molar-refractivity contribution in [1.82, 2.24) is 0 Å². The Morgan fingerprint density at radius 2 is 1.70 bits per heavy atom. The van der Waals surface area contributed by atoms with Gasteiger partial charge in [0.05, 0.1) is 16.0 Å². The van der Waals surface area contributed by atoms with Crippen LogP contribution >= 0.6 is 0 Å². The van der Waals surface area contributed by atoms with E-state index in [0.29, 0.717) is 6.07 Å². The first kappa shape index (κ1) is 17.0. The van der Waals surface area contributed by atoms with Crippen molar-refractivity contribution in [2.45, 2.75) is 23.4 Å². The predicted octanol–water partition coefficient (Wildman–Crippen LogP) is 4.41. The van der Waals surface area contributed by atoms with Crippen LogP contribution < -0.4 is 0 Å². The molecule has 0 aliphatic rings. The van der Waals surface area contributed by atoms with E-state index in [1.807, 2.05) is 0 Å². The summed E-state index contributed by atoms with van der Waals surface area (Å²) in [5.74, 6) is 0. The molecule has 3 nitrogen and oxygen atoms in total. The lowest BCUT2D eigenvalue weighted by Gasteiger charge is -2.11. The van der Waals surface area contributed by atoms with Gasteiger partial charge in [0, 0.05) is 0 Å². The fourth-order valence-electron chi connectivity index (χ4n) is 2.05. The van der Waals surface area contributed by atoms with E-state index in [1.54, 1.807) is 19.1 Å². The van der Waals surface area contributed by atoms with E-state index in [-0.39, 0.29) is 10.5 Å². The maximum absolute atomic E-state index is 12.8. The van der Waals surface area contributed by atoms with Crippen molar-refractivity contribution in [3.05, 3.63) is 76.6 Å². The largest absolute Gasteiger partial charge is 0.416 e. The average Bonchev–Trinajstić information content (AvgIpc) is 2.47. The molecule has 0 amide bonds. The summed E-state index contributed by atoms with van der Waals surface area (Å²) in [4.78, 5) is 2.95. The van der Waals surface area contributed by atoms with E-state index in [1.165, 1.54) is 18.2 Å². The molecule has 0 bridgehead atoms. The third-order valence-corrected chi connectivity index (χ3v) is 5.15. The van der Waals surface area contributed by atoms with Crippen LogP contribution in [0.2, 0.25) is 0 Å². The van der Waals surface area contributed by atoms with E-state index >= 15 is 0 Å². The summed E-state index contributed by atoms with van der Waals surface area (Å²) in [5, 5.41) is -1.72. The highest BCUT2D eigenvalue weighted by Crippen LogP contribution is 2.35. The zero-order valence-electron chi connectivity index (χ0n) is 12.0. The lowest BCUT2D eigenvalue weighted by atomic mass is 10.1. The molecule has 0 aromatic heterocycles. The minimum atomic E-state index is -4.60. The molecule has 0 radical (unpaired) electrons. The highest BCUT2D eigenvalue weighted by Gasteiger charge is 2.37. The lowest BCUT2D eigenvalue weighted by molar-refractivity contribution is -0.137.